The first-order valence-corrected chi connectivity index (χ1v) is 6.17. The molecule has 17 heavy (non-hydrogen) atoms. The second kappa shape index (κ2) is 5.31. The van der Waals surface area contributed by atoms with Crippen LogP contribution < -0.4 is 5.32 Å². The van der Waals surface area contributed by atoms with Crippen LogP contribution in [0.5, 0.6) is 0 Å². The van der Waals surface area contributed by atoms with Crippen molar-refractivity contribution in [1.29, 1.82) is 0 Å². The highest BCUT2D eigenvalue weighted by Crippen LogP contribution is 2.30. The lowest BCUT2D eigenvalue weighted by molar-refractivity contribution is -0.148. The SMILES string of the molecule is O=C(COC(=O)C1CC1)Nc1ccccc1Br. The van der Waals surface area contributed by atoms with Crippen molar-refractivity contribution in [2.45, 2.75) is 12.8 Å². The maximum Gasteiger partial charge on any atom is 0.309 e. The summed E-state index contributed by atoms with van der Waals surface area (Å²) >= 11 is 3.32. The summed E-state index contributed by atoms with van der Waals surface area (Å²) in [6.07, 6.45) is 1.76. The molecule has 0 spiro atoms. The Morgan fingerprint density at radius 3 is 2.71 bits per heavy atom. The van der Waals surface area contributed by atoms with Crippen LogP contribution in [0.1, 0.15) is 12.8 Å². The summed E-state index contributed by atoms with van der Waals surface area (Å²) in [5, 5.41) is 2.66. The molecule has 1 aliphatic carbocycles. The first-order chi connectivity index (χ1) is 8.16. The quantitative estimate of drug-likeness (QED) is 0.868. The number of anilines is 1. The number of hydrogen-bond donors (Lipinski definition) is 1. The van der Waals surface area contributed by atoms with Gasteiger partial charge in [0.2, 0.25) is 0 Å². The average molecular weight is 298 g/mol. The van der Waals surface area contributed by atoms with Crippen LogP contribution in [0, 0.1) is 5.92 Å². The maximum atomic E-state index is 11.5. The molecule has 1 saturated carbocycles. The summed E-state index contributed by atoms with van der Waals surface area (Å²) in [5.41, 5.74) is 0.667. The summed E-state index contributed by atoms with van der Waals surface area (Å²) in [5.74, 6) is -0.579. The molecule has 0 bridgehead atoms. The number of rotatable bonds is 4. The lowest BCUT2D eigenvalue weighted by Crippen LogP contribution is -2.21. The third-order valence-corrected chi connectivity index (χ3v) is 3.10. The minimum atomic E-state index is -0.328. The molecule has 0 radical (unpaired) electrons. The molecule has 90 valence electrons. The van der Waals surface area contributed by atoms with E-state index in [1.54, 1.807) is 6.07 Å². The van der Waals surface area contributed by atoms with E-state index in [4.69, 9.17) is 4.74 Å². The lowest BCUT2D eigenvalue weighted by Gasteiger charge is -2.07. The van der Waals surface area contributed by atoms with Gasteiger partial charge in [0.15, 0.2) is 6.61 Å². The molecule has 1 N–H and O–H groups in total. The highest BCUT2D eigenvalue weighted by Gasteiger charge is 2.31. The first kappa shape index (κ1) is 12.1. The molecular weight excluding hydrogens is 286 g/mol. The highest BCUT2D eigenvalue weighted by atomic mass is 79.9. The molecule has 1 amide bonds. The molecule has 0 unspecified atom stereocenters. The van der Waals surface area contributed by atoms with Gasteiger partial charge in [-0.2, -0.15) is 0 Å². The van der Waals surface area contributed by atoms with Crippen LogP contribution in [0.25, 0.3) is 0 Å². The summed E-state index contributed by atoms with van der Waals surface area (Å²) < 4.78 is 5.67. The van der Waals surface area contributed by atoms with Gasteiger partial charge in [-0.25, -0.2) is 0 Å². The van der Waals surface area contributed by atoms with Crippen LogP contribution in [0.2, 0.25) is 0 Å². The van der Waals surface area contributed by atoms with Crippen LogP contribution in [-0.4, -0.2) is 18.5 Å². The van der Waals surface area contributed by atoms with Gasteiger partial charge in [0.05, 0.1) is 11.6 Å². The fourth-order valence-corrected chi connectivity index (χ4v) is 1.71. The largest absolute Gasteiger partial charge is 0.455 e. The maximum absolute atomic E-state index is 11.5. The Bertz CT molecular complexity index is 443. The molecule has 1 aromatic carbocycles. The Balaban J connectivity index is 1.80. The molecule has 1 fully saturated rings. The summed E-state index contributed by atoms with van der Waals surface area (Å²) in [6, 6.07) is 7.26. The molecule has 4 nitrogen and oxygen atoms in total. The van der Waals surface area contributed by atoms with Crippen molar-refractivity contribution in [2.24, 2.45) is 5.92 Å². The lowest BCUT2D eigenvalue weighted by atomic mass is 10.3. The molecule has 0 aliphatic heterocycles. The third-order valence-electron chi connectivity index (χ3n) is 2.40. The predicted octanol–water partition coefficient (Wildman–Crippen LogP) is 2.34. The number of nitrogens with one attached hydrogen (secondary N) is 1. The normalized spacial score (nSPS) is 14.2. The molecule has 5 heteroatoms. The van der Waals surface area contributed by atoms with Gasteiger partial charge in [-0.1, -0.05) is 12.1 Å². The topological polar surface area (TPSA) is 55.4 Å². The van der Waals surface area contributed by atoms with E-state index in [0.717, 1.165) is 17.3 Å². The first-order valence-electron chi connectivity index (χ1n) is 5.38. The fourth-order valence-electron chi connectivity index (χ4n) is 1.32. The molecular formula is C12H12BrNO3. The molecule has 1 aliphatic rings. The van der Waals surface area contributed by atoms with Gasteiger partial charge in [-0.15, -0.1) is 0 Å². The minimum absolute atomic E-state index is 0.0197. The van der Waals surface area contributed by atoms with Gasteiger partial charge in [-0.05, 0) is 40.9 Å². The number of amides is 1. The van der Waals surface area contributed by atoms with E-state index >= 15 is 0 Å². The van der Waals surface area contributed by atoms with E-state index in [0.29, 0.717) is 5.69 Å². The van der Waals surface area contributed by atoms with Crippen LogP contribution in [0.3, 0.4) is 0 Å². The Labute approximate surface area is 107 Å². The van der Waals surface area contributed by atoms with Crippen molar-refractivity contribution in [2.75, 3.05) is 11.9 Å². The van der Waals surface area contributed by atoms with E-state index in [9.17, 15) is 9.59 Å². The average Bonchev–Trinajstić information content (AvgIpc) is 3.13. The summed E-state index contributed by atoms with van der Waals surface area (Å²) in [7, 11) is 0. The molecule has 0 saturated heterocycles. The van der Waals surface area contributed by atoms with Gasteiger partial charge in [0.25, 0.3) is 5.91 Å². The molecule has 1 aromatic rings. The van der Waals surface area contributed by atoms with Crippen LogP contribution in [0.15, 0.2) is 28.7 Å². The van der Waals surface area contributed by atoms with E-state index < -0.39 is 0 Å². The summed E-state index contributed by atoms with van der Waals surface area (Å²) in [4.78, 5) is 22.7. The highest BCUT2D eigenvalue weighted by molar-refractivity contribution is 9.10. The Morgan fingerprint density at radius 2 is 2.06 bits per heavy atom. The monoisotopic (exact) mass is 297 g/mol. The fraction of sp³-hybridized carbons (Fsp3) is 0.333. The van der Waals surface area contributed by atoms with Crippen LogP contribution in [-0.2, 0) is 14.3 Å². The minimum Gasteiger partial charge on any atom is -0.455 e. The predicted molar refractivity (Wildman–Crippen MR) is 66.5 cm³/mol. The second-order valence-electron chi connectivity index (χ2n) is 3.91. The number of hydrogen-bond acceptors (Lipinski definition) is 3. The number of benzene rings is 1. The van der Waals surface area contributed by atoms with E-state index in [1.807, 2.05) is 18.2 Å². The standard InChI is InChI=1S/C12H12BrNO3/c13-9-3-1-2-4-10(9)14-11(15)7-17-12(16)8-5-6-8/h1-4,8H,5-7H2,(H,14,15). The third kappa shape index (κ3) is 3.56. The molecule has 0 atom stereocenters. The van der Waals surface area contributed by atoms with Gasteiger partial charge < -0.3 is 10.1 Å². The van der Waals surface area contributed by atoms with Gasteiger partial charge in [0.1, 0.15) is 0 Å². The van der Waals surface area contributed by atoms with Crippen molar-refractivity contribution in [3.05, 3.63) is 28.7 Å². The van der Waals surface area contributed by atoms with Crippen LogP contribution in [0.4, 0.5) is 5.69 Å². The van der Waals surface area contributed by atoms with E-state index in [-0.39, 0.29) is 24.4 Å². The Kier molecular flexibility index (Phi) is 3.78. The Morgan fingerprint density at radius 1 is 1.35 bits per heavy atom. The number of halogens is 1. The zero-order chi connectivity index (χ0) is 12.3. The van der Waals surface area contributed by atoms with E-state index in [1.165, 1.54) is 0 Å². The second-order valence-corrected chi connectivity index (χ2v) is 4.76. The number of carbonyl (C=O) groups excluding carboxylic acids is 2. The van der Waals surface area contributed by atoms with Crippen LogP contribution >= 0.6 is 15.9 Å². The van der Waals surface area contributed by atoms with Gasteiger partial charge in [0, 0.05) is 4.47 Å². The van der Waals surface area contributed by atoms with E-state index in [2.05, 4.69) is 21.2 Å². The smallest absolute Gasteiger partial charge is 0.309 e. The summed E-state index contributed by atoms with van der Waals surface area (Å²) in [6.45, 7) is -0.226. The zero-order valence-electron chi connectivity index (χ0n) is 9.11. The van der Waals surface area contributed by atoms with Crippen molar-refractivity contribution in [1.82, 2.24) is 0 Å². The van der Waals surface area contributed by atoms with Crippen molar-refractivity contribution in [3.63, 3.8) is 0 Å². The molecule has 2 rings (SSSR count). The van der Waals surface area contributed by atoms with Gasteiger partial charge in [-0.3, -0.25) is 9.59 Å². The van der Waals surface area contributed by atoms with Gasteiger partial charge >= 0.3 is 5.97 Å². The van der Waals surface area contributed by atoms with Crippen molar-refractivity contribution < 1.29 is 14.3 Å². The number of carbonyl (C=O) groups is 2. The van der Waals surface area contributed by atoms with Crippen molar-refractivity contribution >= 4 is 33.5 Å². The number of para-hydroxylation sites is 1. The Hall–Kier alpha value is -1.36. The number of esters is 1. The molecule has 0 aromatic heterocycles. The molecule has 0 heterocycles. The zero-order valence-corrected chi connectivity index (χ0v) is 10.7. The van der Waals surface area contributed by atoms with Crippen molar-refractivity contribution in [3.8, 4) is 0 Å². The number of ether oxygens (including phenoxy) is 1.